The molecule has 2 aromatic rings. The Kier molecular flexibility index (Phi) is 5.20. The summed E-state index contributed by atoms with van der Waals surface area (Å²) in [7, 11) is 0. The van der Waals surface area contributed by atoms with Crippen molar-refractivity contribution in [3.63, 3.8) is 0 Å². The largest absolute Gasteiger partial charge is 0.305 e. The van der Waals surface area contributed by atoms with Crippen molar-refractivity contribution in [1.29, 1.82) is 0 Å². The molecule has 0 aliphatic carbocycles. The quantitative estimate of drug-likeness (QED) is 0.885. The van der Waals surface area contributed by atoms with E-state index in [-0.39, 0.29) is 6.04 Å². The number of hydrogen-bond donors (Lipinski definition) is 1. The van der Waals surface area contributed by atoms with E-state index in [2.05, 4.69) is 53.6 Å². The zero-order valence-corrected chi connectivity index (χ0v) is 13.4. The Balaban J connectivity index is 2.42. The Hall–Kier alpha value is -1.33. The fraction of sp³-hybridized carbons (Fsp3) is 0.533. The third-order valence-corrected chi connectivity index (χ3v) is 4.14. The third-order valence-electron chi connectivity index (χ3n) is 3.34. The summed E-state index contributed by atoms with van der Waals surface area (Å²) in [6.45, 7) is 9.59. The van der Waals surface area contributed by atoms with E-state index in [1.165, 1.54) is 27.5 Å². The van der Waals surface area contributed by atoms with Crippen LogP contribution in [0.1, 0.15) is 60.8 Å². The number of aryl methyl sites for hydroxylation is 1. The first-order valence-electron chi connectivity index (χ1n) is 7.11. The summed E-state index contributed by atoms with van der Waals surface area (Å²) in [5, 5.41) is 7.92. The molecule has 0 radical (unpaired) electrons. The molecule has 1 atom stereocenters. The Morgan fingerprint density at radius 2 is 2.15 bits per heavy atom. The summed E-state index contributed by atoms with van der Waals surface area (Å²) in [6, 6.07) is 2.19. The number of pyridine rings is 1. The zero-order chi connectivity index (χ0) is 14.5. The van der Waals surface area contributed by atoms with Gasteiger partial charge in [-0.1, -0.05) is 25.3 Å². The molecule has 4 nitrogen and oxygen atoms in total. The van der Waals surface area contributed by atoms with Crippen LogP contribution < -0.4 is 5.32 Å². The second-order valence-corrected chi connectivity index (χ2v) is 6.08. The van der Waals surface area contributed by atoms with Gasteiger partial charge in [-0.15, -0.1) is 5.10 Å². The van der Waals surface area contributed by atoms with Crippen LogP contribution in [0.3, 0.4) is 0 Å². The topological polar surface area (TPSA) is 50.7 Å². The van der Waals surface area contributed by atoms with Crippen LogP contribution in [0.25, 0.3) is 0 Å². The highest BCUT2D eigenvalue weighted by Gasteiger charge is 2.23. The lowest BCUT2D eigenvalue weighted by atomic mass is 9.98. The molecule has 0 saturated heterocycles. The number of hydrogen-bond acceptors (Lipinski definition) is 5. The summed E-state index contributed by atoms with van der Waals surface area (Å²) in [5.41, 5.74) is 3.55. The van der Waals surface area contributed by atoms with Crippen molar-refractivity contribution in [2.75, 3.05) is 6.54 Å². The van der Waals surface area contributed by atoms with Crippen molar-refractivity contribution in [1.82, 2.24) is 19.9 Å². The zero-order valence-electron chi connectivity index (χ0n) is 12.6. The van der Waals surface area contributed by atoms with E-state index < -0.39 is 0 Å². The molecule has 0 fully saturated rings. The third kappa shape index (κ3) is 3.22. The summed E-state index contributed by atoms with van der Waals surface area (Å²) < 4.78 is 4.16. The first kappa shape index (κ1) is 15.1. The minimum atomic E-state index is 0.140. The summed E-state index contributed by atoms with van der Waals surface area (Å²) in [6.07, 6.45) is 4.88. The minimum absolute atomic E-state index is 0.140. The fourth-order valence-electron chi connectivity index (χ4n) is 2.22. The SMILES string of the molecule is CCCNC(c1cnccc1C)c1snnc1C(C)C. The van der Waals surface area contributed by atoms with Crippen molar-refractivity contribution in [2.24, 2.45) is 0 Å². The Morgan fingerprint density at radius 1 is 1.35 bits per heavy atom. The Labute approximate surface area is 124 Å². The second-order valence-electron chi connectivity index (χ2n) is 5.30. The summed E-state index contributed by atoms with van der Waals surface area (Å²) in [4.78, 5) is 5.50. The minimum Gasteiger partial charge on any atom is -0.305 e. The van der Waals surface area contributed by atoms with E-state index in [1.54, 1.807) is 0 Å². The predicted molar refractivity (Wildman–Crippen MR) is 83.1 cm³/mol. The normalized spacial score (nSPS) is 12.8. The van der Waals surface area contributed by atoms with Crippen LogP contribution in [0.5, 0.6) is 0 Å². The van der Waals surface area contributed by atoms with Crippen molar-refractivity contribution >= 4 is 11.5 Å². The van der Waals surface area contributed by atoms with Crippen LogP contribution in [0.2, 0.25) is 0 Å². The standard InChI is InChI=1S/C15H22N4S/c1-5-7-17-14(12-9-16-8-6-11(12)4)15-13(10(2)3)18-19-20-15/h6,8-10,14,17H,5,7H2,1-4H3. The van der Waals surface area contributed by atoms with Crippen LogP contribution >= 0.6 is 11.5 Å². The summed E-state index contributed by atoms with van der Waals surface area (Å²) >= 11 is 1.49. The molecular weight excluding hydrogens is 268 g/mol. The van der Waals surface area contributed by atoms with E-state index in [4.69, 9.17) is 0 Å². The van der Waals surface area contributed by atoms with E-state index in [0.717, 1.165) is 18.7 Å². The monoisotopic (exact) mass is 290 g/mol. The van der Waals surface area contributed by atoms with E-state index in [9.17, 15) is 0 Å². The first-order chi connectivity index (χ1) is 9.65. The molecule has 0 aromatic carbocycles. The van der Waals surface area contributed by atoms with Crippen molar-refractivity contribution < 1.29 is 0 Å². The van der Waals surface area contributed by atoms with Gasteiger partial charge in [0.15, 0.2) is 0 Å². The maximum Gasteiger partial charge on any atom is 0.0832 e. The highest BCUT2D eigenvalue weighted by Crippen LogP contribution is 2.31. The van der Waals surface area contributed by atoms with Gasteiger partial charge in [0.2, 0.25) is 0 Å². The van der Waals surface area contributed by atoms with E-state index in [1.807, 2.05) is 12.4 Å². The van der Waals surface area contributed by atoms with Crippen LogP contribution in [-0.4, -0.2) is 21.1 Å². The van der Waals surface area contributed by atoms with Gasteiger partial charge in [0.25, 0.3) is 0 Å². The van der Waals surface area contributed by atoms with Gasteiger partial charge < -0.3 is 5.32 Å². The Bertz CT molecular complexity index is 550. The second kappa shape index (κ2) is 6.90. The van der Waals surface area contributed by atoms with Crippen LogP contribution in [0.4, 0.5) is 0 Å². The van der Waals surface area contributed by atoms with Crippen molar-refractivity contribution in [2.45, 2.75) is 46.1 Å². The number of nitrogens with one attached hydrogen (secondary N) is 1. The number of aromatic nitrogens is 3. The maximum atomic E-state index is 4.31. The average molecular weight is 290 g/mol. The molecule has 0 aliphatic heterocycles. The van der Waals surface area contributed by atoms with Gasteiger partial charge in [-0.2, -0.15) is 0 Å². The van der Waals surface area contributed by atoms with Gasteiger partial charge in [-0.25, -0.2) is 0 Å². The van der Waals surface area contributed by atoms with Crippen LogP contribution in [-0.2, 0) is 0 Å². The van der Waals surface area contributed by atoms with Gasteiger partial charge in [-0.05, 0) is 54.5 Å². The van der Waals surface area contributed by atoms with Crippen LogP contribution in [0.15, 0.2) is 18.5 Å². The molecule has 1 N–H and O–H groups in total. The molecule has 0 spiro atoms. The predicted octanol–water partition coefficient (Wildman–Crippen LogP) is 3.45. The van der Waals surface area contributed by atoms with Gasteiger partial charge >= 0.3 is 0 Å². The lowest BCUT2D eigenvalue weighted by Gasteiger charge is -2.20. The van der Waals surface area contributed by atoms with Gasteiger partial charge in [0.05, 0.1) is 16.6 Å². The first-order valence-corrected chi connectivity index (χ1v) is 7.88. The molecule has 0 saturated carbocycles. The molecule has 2 aromatic heterocycles. The molecule has 2 rings (SSSR count). The van der Waals surface area contributed by atoms with E-state index >= 15 is 0 Å². The van der Waals surface area contributed by atoms with E-state index in [0.29, 0.717) is 5.92 Å². The summed E-state index contributed by atoms with van der Waals surface area (Å²) in [5.74, 6) is 0.381. The highest BCUT2D eigenvalue weighted by atomic mass is 32.1. The van der Waals surface area contributed by atoms with Gasteiger partial charge in [-0.3, -0.25) is 4.98 Å². The molecule has 108 valence electrons. The molecule has 0 bridgehead atoms. The maximum absolute atomic E-state index is 4.31. The lowest BCUT2D eigenvalue weighted by Crippen LogP contribution is -2.24. The molecule has 1 unspecified atom stereocenters. The molecule has 5 heteroatoms. The Morgan fingerprint density at radius 3 is 2.80 bits per heavy atom. The van der Waals surface area contributed by atoms with Crippen molar-refractivity contribution in [3.8, 4) is 0 Å². The van der Waals surface area contributed by atoms with Crippen molar-refractivity contribution in [3.05, 3.63) is 40.2 Å². The van der Waals surface area contributed by atoms with Crippen LogP contribution in [0, 0.1) is 6.92 Å². The van der Waals surface area contributed by atoms with Gasteiger partial charge in [0, 0.05) is 12.4 Å². The van der Waals surface area contributed by atoms with Gasteiger partial charge in [0.1, 0.15) is 0 Å². The fourth-order valence-corrected chi connectivity index (χ4v) is 3.12. The lowest BCUT2D eigenvalue weighted by molar-refractivity contribution is 0.592. The molecule has 0 aliphatic rings. The average Bonchev–Trinajstić information content (AvgIpc) is 2.90. The molecular formula is C15H22N4S. The number of rotatable bonds is 6. The highest BCUT2D eigenvalue weighted by molar-refractivity contribution is 7.05. The molecule has 0 amide bonds. The molecule has 2 heterocycles. The smallest absolute Gasteiger partial charge is 0.0832 e. The number of nitrogens with zero attached hydrogens (tertiary/aromatic N) is 3. The molecule has 20 heavy (non-hydrogen) atoms.